The quantitative estimate of drug-likeness (QED) is 0.931. The Morgan fingerprint density at radius 3 is 2.76 bits per heavy atom. The summed E-state index contributed by atoms with van der Waals surface area (Å²) in [6, 6.07) is 4.04. The minimum atomic E-state index is -3.55. The molecule has 0 radical (unpaired) electrons. The van der Waals surface area contributed by atoms with E-state index < -0.39 is 15.8 Å². The molecule has 1 aromatic carbocycles. The van der Waals surface area contributed by atoms with E-state index >= 15 is 0 Å². The van der Waals surface area contributed by atoms with Crippen LogP contribution >= 0.6 is 0 Å². The van der Waals surface area contributed by atoms with Crippen LogP contribution in [0.25, 0.3) is 0 Å². The molecule has 2 aliphatic rings. The summed E-state index contributed by atoms with van der Waals surface area (Å²) in [6.45, 7) is 0.578. The summed E-state index contributed by atoms with van der Waals surface area (Å²) in [4.78, 5) is 0.163. The number of hydrogen-bond acceptors (Lipinski definition) is 3. The molecule has 1 heterocycles. The zero-order chi connectivity index (χ0) is 15.0. The van der Waals surface area contributed by atoms with E-state index in [4.69, 9.17) is 5.73 Å². The second-order valence-corrected chi connectivity index (χ2v) is 7.86. The molecule has 0 amide bonds. The molecule has 0 spiro atoms. The molecular weight excluding hydrogens is 291 g/mol. The van der Waals surface area contributed by atoms with Crippen molar-refractivity contribution in [1.82, 2.24) is 4.31 Å². The van der Waals surface area contributed by atoms with Gasteiger partial charge in [0, 0.05) is 24.7 Å². The number of sulfonamides is 1. The lowest BCUT2D eigenvalue weighted by molar-refractivity contribution is 0.260. The average molecular weight is 312 g/mol. The third-order valence-corrected chi connectivity index (χ3v) is 6.72. The van der Waals surface area contributed by atoms with Crippen LogP contribution in [0.4, 0.5) is 4.39 Å². The van der Waals surface area contributed by atoms with Crippen molar-refractivity contribution in [2.75, 3.05) is 6.54 Å². The topological polar surface area (TPSA) is 63.4 Å². The third-order valence-electron chi connectivity index (χ3n) is 4.80. The highest BCUT2D eigenvalue weighted by atomic mass is 32.2. The summed E-state index contributed by atoms with van der Waals surface area (Å²) in [5.41, 5.74) is 5.72. The Morgan fingerprint density at radius 2 is 2.00 bits per heavy atom. The molecule has 116 valence electrons. The number of fused-ring (bicyclic) bond motifs is 1. The second kappa shape index (κ2) is 5.66. The van der Waals surface area contributed by atoms with Crippen LogP contribution in [0.2, 0.25) is 0 Å². The normalized spacial score (nSPS) is 26.8. The van der Waals surface area contributed by atoms with Crippen LogP contribution in [-0.4, -0.2) is 25.3 Å². The van der Waals surface area contributed by atoms with E-state index in [1.807, 2.05) is 0 Å². The van der Waals surface area contributed by atoms with Gasteiger partial charge >= 0.3 is 0 Å². The van der Waals surface area contributed by atoms with Gasteiger partial charge in [0.25, 0.3) is 0 Å². The van der Waals surface area contributed by atoms with Gasteiger partial charge in [0.05, 0.1) is 4.90 Å². The zero-order valence-electron chi connectivity index (χ0n) is 12.0. The molecule has 0 bridgehead atoms. The Bertz CT molecular complexity index is 633. The number of hydrogen-bond donors (Lipinski definition) is 1. The van der Waals surface area contributed by atoms with Crippen molar-refractivity contribution < 1.29 is 12.8 Å². The van der Waals surface area contributed by atoms with Crippen LogP contribution in [-0.2, 0) is 16.6 Å². The van der Waals surface area contributed by atoms with Gasteiger partial charge in [-0.1, -0.05) is 12.8 Å². The molecule has 1 aromatic rings. The molecule has 0 aromatic heterocycles. The molecule has 1 saturated heterocycles. The SMILES string of the molecule is NCc1cc(S(=O)(=O)N2CCC3CCCCC32)ccc1F. The van der Waals surface area contributed by atoms with Gasteiger partial charge in [-0.2, -0.15) is 4.31 Å². The van der Waals surface area contributed by atoms with Crippen molar-refractivity contribution in [2.45, 2.75) is 49.6 Å². The first-order valence-electron chi connectivity index (χ1n) is 7.54. The summed E-state index contributed by atoms with van der Waals surface area (Å²) in [6.07, 6.45) is 5.28. The van der Waals surface area contributed by atoms with Gasteiger partial charge in [0.1, 0.15) is 5.82 Å². The highest BCUT2D eigenvalue weighted by Gasteiger charge is 2.42. The van der Waals surface area contributed by atoms with Gasteiger partial charge in [-0.15, -0.1) is 0 Å². The summed E-state index contributed by atoms with van der Waals surface area (Å²) in [5.74, 6) is 0.0383. The van der Waals surface area contributed by atoms with Gasteiger partial charge in [0.2, 0.25) is 10.0 Å². The first-order valence-corrected chi connectivity index (χ1v) is 8.98. The lowest BCUT2D eigenvalue weighted by atomic mass is 9.86. The molecule has 2 atom stereocenters. The van der Waals surface area contributed by atoms with E-state index in [0.717, 1.165) is 25.7 Å². The number of halogens is 1. The Labute approximate surface area is 125 Å². The van der Waals surface area contributed by atoms with Crippen LogP contribution < -0.4 is 5.73 Å². The number of benzene rings is 1. The second-order valence-electron chi connectivity index (χ2n) is 5.97. The Hall–Kier alpha value is -0.980. The van der Waals surface area contributed by atoms with Crippen LogP contribution in [0.15, 0.2) is 23.1 Å². The average Bonchev–Trinajstić information content (AvgIpc) is 2.92. The van der Waals surface area contributed by atoms with Crippen LogP contribution in [0, 0.1) is 11.7 Å². The molecular formula is C15H21FN2O2S. The number of nitrogens with zero attached hydrogens (tertiary/aromatic N) is 1. The van der Waals surface area contributed by atoms with Crippen molar-refractivity contribution in [3.05, 3.63) is 29.6 Å². The molecule has 2 unspecified atom stereocenters. The van der Waals surface area contributed by atoms with Gasteiger partial charge in [-0.25, -0.2) is 12.8 Å². The fraction of sp³-hybridized carbons (Fsp3) is 0.600. The maximum Gasteiger partial charge on any atom is 0.243 e. The van der Waals surface area contributed by atoms with E-state index in [0.29, 0.717) is 12.5 Å². The Morgan fingerprint density at radius 1 is 1.24 bits per heavy atom. The monoisotopic (exact) mass is 312 g/mol. The van der Waals surface area contributed by atoms with Gasteiger partial charge in [-0.3, -0.25) is 0 Å². The van der Waals surface area contributed by atoms with E-state index in [1.54, 1.807) is 4.31 Å². The highest BCUT2D eigenvalue weighted by Crippen LogP contribution is 2.39. The largest absolute Gasteiger partial charge is 0.326 e. The third kappa shape index (κ3) is 2.60. The minimum absolute atomic E-state index is 0.00124. The van der Waals surface area contributed by atoms with Crippen molar-refractivity contribution in [3.63, 3.8) is 0 Å². The lowest BCUT2D eigenvalue weighted by Gasteiger charge is -2.31. The van der Waals surface area contributed by atoms with Gasteiger partial charge in [0.15, 0.2) is 0 Å². The molecule has 2 fully saturated rings. The first-order chi connectivity index (χ1) is 10.0. The minimum Gasteiger partial charge on any atom is -0.326 e. The predicted molar refractivity (Wildman–Crippen MR) is 78.5 cm³/mol. The van der Waals surface area contributed by atoms with Crippen molar-refractivity contribution in [2.24, 2.45) is 11.7 Å². The molecule has 1 aliphatic carbocycles. The Balaban J connectivity index is 1.93. The summed E-state index contributed by atoms with van der Waals surface area (Å²) in [7, 11) is -3.55. The van der Waals surface area contributed by atoms with Crippen LogP contribution in [0.3, 0.4) is 0 Å². The van der Waals surface area contributed by atoms with Crippen molar-refractivity contribution in [1.29, 1.82) is 0 Å². The fourth-order valence-corrected chi connectivity index (χ4v) is 5.45. The maximum absolute atomic E-state index is 13.5. The van der Waals surface area contributed by atoms with E-state index in [2.05, 4.69) is 0 Å². The molecule has 2 N–H and O–H groups in total. The number of rotatable bonds is 3. The standard InChI is InChI=1S/C15H21FN2O2S/c16-14-6-5-13(9-12(14)10-17)21(19,20)18-8-7-11-3-1-2-4-15(11)18/h5-6,9,11,15H,1-4,7-8,10,17H2. The van der Waals surface area contributed by atoms with Crippen molar-refractivity contribution >= 4 is 10.0 Å². The lowest BCUT2D eigenvalue weighted by Crippen LogP contribution is -2.39. The van der Waals surface area contributed by atoms with E-state index in [1.165, 1.54) is 24.6 Å². The summed E-state index contributed by atoms with van der Waals surface area (Å²) in [5, 5.41) is 0. The molecule has 3 rings (SSSR count). The van der Waals surface area contributed by atoms with Crippen molar-refractivity contribution in [3.8, 4) is 0 Å². The van der Waals surface area contributed by atoms with E-state index in [9.17, 15) is 12.8 Å². The molecule has 6 heteroatoms. The maximum atomic E-state index is 13.5. The molecule has 1 aliphatic heterocycles. The smallest absolute Gasteiger partial charge is 0.243 e. The highest BCUT2D eigenvalue weighted by molar-refractivity contribution is 7.89. The fourth-order valence-electron chi connectivity index (χ4n) is 3.66. The summed E-state index contributed by atoms with van der Waals surface area (Å²) >= 11 is 0. The van der Waals surface area contributed by atoms with E-state index in [-0.39, 0.29) is 23.0 Å². The Kier molecular flexibility index (Phi) is 4.03. The van der Waals surface area contributed by atoms with Crippen LogP contribution in [0.5, 0.6) is 0 Å². The van der Waals surface area contributed by atoms with Crippen LogP contribution in [0.1, 0.15) is 37.7 Å². The number of nitrogens with two attached hydrogens (primary N) is 1. The first kappa shape index (κ1) is 14.9. The molecule has 1 saturated carbocycles. The van der Waals surface area contributed by atoms with Gasteiger partial charge in [-0.05, 0) is 43.4 Å². The predicted octanol–water partition coefficient (Wildman–Crippen LogP) is 2.24. The summed E-state index contributed by atoms with van der Waals surface area (Å²) < 4.78 is 40.8. The zero-order valence-corrected chi connectivity index (χ0v) is 12.8. The molecule has 4 nitrogen and oxygen atoms in total. The molecule has 21 heavy (non-hydrogen) atoms. The van der Waals surface area contributed by atoms with Gasteiger partial charge < -0.3 is 5.73 Å².